The quantitative estimate of drug-likeness (QED) is 0.676. The van der Waals surface area contributed by atoms with Gasteiger partial charge in [0.2, 0.25) is 6.35 Å². The Balaban J connectivity index is 1.73. The van der Waals surface area contributed by atoms with Crippen molar-refractivity contribution in [3.05, 3.63) is 40.5 Å². The van der Waals surface area contributed by atoms with Gasteiger partial charge in [0.1, 0.15) is 6.10 Å². The molecule has 1 unspecified atom stereocenters. The number of fused-ring (bicyclic) bond motifs is 1. The predicted octanol–water partition coefficient (Wildman–Crippen LogP) is 2.85. The molecule has 168 valence electrons. The maximum absolute atomic E-state index is 13.4. The highest BCUT2D eigenvalue weighted by Gasteiger charge is 2.40. The first-order valence-corrected chi connectivity index (χ1v) is 11.2. The molecule has 1 aromatic heterocycles. The third kappa shape index (κ3) is 4.51. The van der Waals surface area contributed by atoms with Crippen LogP contribution in [0.3, 0.4) is 0 Å². The predicted molar refractivity (Wildman–Crippen MR) is 117 cm³/mol. The molecule has 2 heterocycles. The average molecular weight is 449 g/mol. The van der Waals surface area contributed by atoms with Crippen LogP contribution in [0.15, 0.2) is 24.3 Å². The Morgan fingerprint density at radius 1 is 1.19 bits per heavy atom. The second kappa shape index (κ2) is 9.46. The van der Waals surface area contributed by atoms with Crippen LogP contribution in [0, 0.1) is 0 Å². The van der Waals surface area contributed by atoms with E-state index < -0.39 is 6.35 Å². The first-order chi connectivity index (χ1) is 15.0. The summed E-state index contributed by atoms with van der Waals surface area (Å²) in [5, 5.41) is 20.5. The molecule has 2 aromatic rings. The molecule has 1 fully saturated rings. The van der Waals surface area contributed by atoms with Crippen molar-refractivity contribution >= 4 is 23.3 Å². The van der Waals surface area contributed by atoms with Crippen molar-refractivity contribution in [1.82, 2.24) is 14.5 Å². The number of aromatic nitrogens is 2. The number of imidazole rings is 1. The largest absolute Gasteiger partial charge is 0.461 e. The van der Waals surface area contributed by atoms with Crippen LogP contribution < -0.4 is 9.64 Å². The first-order valence-electron chi connectivity index (χ1n) is 10.8. The van der Waals surface area contributed by atoms with E-state index in [1.807, 2.05) is 24.3 Å². The lowest BCUT2D eigenvalue weighted by molar-refractivity contribution is 0.00110. The van der Waals surface area contributed by atoms with Gasteiger partial charge in [-0.1, -0.05) is 30.2 Å². The van der Waals surface area contributed by atoms with E-state index in [0.29, 0.717) is 35.5 Å². The van der Waals surface area contributed by atoms with Crippen LogP contribution in [0.2, 0.25) is 5.02 Å². The second-order valence-electron chi connectivity index (χ2n) is 8.19. The Labute approximate surface area is 187 Å². The van der Waals surface area contributed by atoms with Gasteiger partial charge in [0, 0.05) is 25.2 Å². The molecular weight excluding hydrogens is 420 g/mol. The fourth-order valence-electron chi connectivity index (χ4n) is 4.24. The summed E-state index contributed by atoms with van der Waals surface area (Å²) in [5.41, 5.74) is 1.34. The maximum atomic E-state index is 13.4. The van der Waals surface area contributed by atoms with E-state index in [0.717, 1.165) is 31.2 Å². The smallest absolute Gasteiger partial charge is 0.299 e. The standard InChI is InChI=1S/C22H29ClN4O4/c1-25-19-18(20(29)26(22(25)30)12-5-13-28)27(14-15-8-10-16(23)11-9-15)21(24-19)31-17-6-3-2-4-7-17/h8-11,17,22,28,30H,2-7,12-14H2,1H3. The van der Waals surface area contributed by atoms with Gasteiger partial charge in [0.05, 0.1) is 6.54 Å². The van der Waals surface area contributed by atoms with Gasteiger partial charge in [-0.2, -0.15) is 4.98 Å². The third-order valence-corrected chi connectivity index (χ3v) is 6.22. The first kappa shape index (κ1) is 21.9. The van der Waals surface area contributed by atoms with Gasteiger partial charge in [-0.3, -0.25) is 14.3 Å². The van der Waals surface area contributed by atoms with Gasteiger partial charge >= 0.3 is 0 Å². The number of ether oxygens (including phenoxy) is 1. The molecule has 2 N–H and O–H groups in total. The van der Waals surface area contributed by atoms with Gasteiger partial charge < -0.3 is 19.8 Å². The van der Waals surface area contributed by atoms with Crippen molar-refractivity contribution in [1.29, 1.82) is 0 Å². The lowest BCUT2D eigenvalue weighted by Crippen LogP contribution is -2.54. The van der Waals surface area contributed by atoms with E-state index in [4.69, 9.17) is 16.3 Å². The Kier molecular flexibility index (Phi) is 6.69. The van der Waals surface area contributed by atoms with Gasteiger partial charge in [-0.25, -0.2) is 0 Å². The lowest BCUT2D eigenvalue weighted by atomic mass is 9.98. The summed E-state index contributed by atoms with van der Waals surface area (Å²) >= 11 is 6.04. The fourth-order valence-corrected chi connectivity index (χ4v) is 4.36. The number of carbonyl (C=O) groups is 1. The number of rotatable bonds is 7. The zero-order valence-corrected chi connectivity index (χ0v) is 18.5. The van der Waals surface area contributed by atoms with Crippen LogP contribution >= 0.6 is 11.6 Å². The van der Waals surface area contributed by atoms with Crippen LogP contribution in [-0.4, -0.2) is 63.2 Å². The molecule has 9 heteroatoms. The number of halogens is 1. The van der Waals surface area contributed by atoms with Gasteiger partial charge in [0.25, 0.3) is 11.9 Å². The molecule has 1 saturated carbocycles. The normalized spacial score (nSPS) is 19.6. The number of anilines is 1. The average Bonchev–Trinajstić information content (AvgIpc) is 3.12. The summed E-state index contributed by atoms with van der Waals surface area (Å²) in [7, 11) is 1.70. The van der Waals surface area contributed by atoms with E-state index in [2.05, 4.69) is 4.98 Å². The van der Waals surface area contributed by atoms with Crippen molar-refractivity contribution in [2.24, 2.45) is 0 Å². The number of nitrogens with zero attached hydrogens (tertiary/aromatic N) is 4. The highest BCUT2D eigenvalue weighted by molar-refractivity contribution is 6.30. The molecular formula is C22H29ClN4O4. The SMILES string of the molecule is CN1c2nc(OC3CCCCC3)n(Cc3ccc(Cl)cc3)c2C(=O)N(CCCO)C1O. The summed E-state index contributed by atoms with van der Waals surface area (Å²) in [6.07, 6.45) is 4.68. The van der Waals surface area contributed by atoms with E-state index >= 15 is 0 Å². The summed E-state index contributed by atoms with van der Waals surface area (Å²) in [4.78, 5) is 20.9. The van der Waals surface area contributed by atoms with E-state index in [1.54, 1.807) is 16.5 Å². The van der Waals surface area contributed by atoms with E-state index in [-0.39, 0.29) is 25.2 Å². The van der Waals surface area contributed by atoms with E-state index in [1.165, 1.54) is 11.3 Å². The van der Waals surface area contributed by atoms with Crippen molar-refractivity contribution < 1.29 is 19.7 Å². The molecule has 2 aliphatic rings. The summed E-state index contributed by atoms with van der Waals surface area (Å²) < 4.78 is 8.09. The molecule has 0 saturated heterocycles. The number of benzene rings is 1. The monoisotopic (exact) mass is 448 g/mol. The van der Waals surface area contributed by atoms with Gasteiger partial charge in [-0.05, 0) is 49.8 Å². The number of amides is 1. The summed E-state index contributed by atoms with van der Waals surface area (Å²) in [6.45, 7) is 0.573. The Morgan fingerprint density at radius 3 is 2.58 bits per heavy atom. The minimum Gasteiger partial charge on any atom is -0.461 e. The zero-order valence-electron chi connectivity index (χ0n) is 17.7. The Hall–Kier alpha value is -2.29. The number of hydrogen-bond acceptors (Lipinski definition) is 6. The van der Waals surface area contributed by atoms with Crippen molar-refractivity contribution in [2.75, 3.05) is 25.1 Å². The molecule has 8 nitrogen and oxygen atoms in total. The number of aliphatic hydroxyl groups is 2. The molecule has 0 spiro atoms. The Morgan fingerprint density at radius 2 is 1.90 bits per heavy atom. The number of aliphatic hydroxyl groups excluding tert-OH is 2. The molecule has 1 aliphatic heterocycles. The van der Waals surface area contributed by atoms with Gasteiger partial charge in [0.15, 0.2) is 11.5 Å². The Bertz CT molecular complexity index is 911. The van der Waals surface area contributed by atoms with Gasteiger partial charge in [-0.15, -0.1) is 0 Å². The number of hydrogen-bond donors (Lipinski definition) is 2. The minimum absolute atomic E-state index is 0.0624. The molecule has 31 heavy (non-hydrogen) atoms. The van der Waals surface area contributed by atoms with Crippen LogP contribution in [0.25, 0.3) is 0 Å². The van der Waals surface area contributed by atoms with Crippen molar-refractivity contribution in [3.8, 4) is 6.01 Å². The minimum atomic E-state index is -1.15. The summed E-state index contributed by atoms with van der Waals surface area (Å²) in [6, 6.07) is 7.84. The molecule has 0 radical (unpaired) electrons. The molecule has 1 amide bonds. The molecule has 4 rings (SSSR count). The van der Waals surface area contributed by atoms with Crippen LogP contribution in [0.4, 0.5) is 5.82 Å². The van der Waals surface area contributed by atoms with E-state index in [9.17, 15) is 15.0 Å². The lowest BCUT2D eigenvalue weighted by Gasteiger charge is -2.38. The molecule has 1 aromatic carbocycles. The highest BCUT2D eigenvalue weighted by Crippen LogP contribution is 2.34. The third-order valence-electron chi connectivity index (χ3n) is 5.97. The van der Waals surface area contributed by atoms with Crippen LogP contribution in [0.5, 0.6) is 6.01 Å². The summed E-state index contributed by atoms with van der Waals surface area (Å²) in [5.74, 6) is 0.0755. The van der Waals surface area contributed by atoms with Crippen molar-refractivity contribution in [2.45, 2.75) is 57.5 Å². The van der Waals surface area contributed by atoms with Crippen molar-refractivity contribution in [3.63, 3.8) is 0 Å². The van der Waals surface area contributed by atoms with Crippen LogP contribution in [0.1, 0.15) is 54.6 Å². The maximum Gasteiger partial charge on any atom is 0.299 e. The zero-order chi connectivity index (χ0) is 22.0. The molecule has 1 aliphatic carbocycles. The fraction of sp³-hybridized carbons (Fsp3) is 0.545. The van der Waals surface area contributed by atoms with Crippen LogP contribution in [-0.2, 0) is 6.54 Å². The number of carbonyl (C=O) groups excluding carboxylic acids is 1. The topological polar surface area (TPSA) is 91.1 Å². The highest BCUT2D eigenvalue weighted by atomic mass is 35.5. The molecule has 1 atom stereocenters. The second-order valence-corrected chi connectivity index (χ2v) is 8.63. The molecule has 0 bridgehead atoms.